The van der Waals surface area contributed by atoms with Crippen LogP contribution in [0.1, 0.15) is 28.9 Å². The third-order valence-electron chi connectivity index (χ3n) is 3.21. The van der Waals surface area contributed by atoms with E-state index >= 15 is 0 Å². The average Bonchev–Trinajstić information content (AvgIpc) is 2.46. The van der Waals surface area contributed by atoms with Gasteiger partial charge in [0, 0.05) is 13.6 Å². The first-order chi connectivity index (χ1) is 7.99. The molecule has 2 rings (SSSR count). The predicted octanol–water partition coefficient (Wildman–Crippen LogP) is 0.610. The zero-order chi connectivity index (χ0) is 12.6. The highest BCUT2D eigenvalue weighted by atomic mass is 16.4. The summed E-state index contributed by atoms with van der Waals surface area (Å²) in [7, 11) is 1.72. The van der Waals surface area contributed by atoms with E-state index in [9.17, 15) is 9.90 Å². The van der Waals surface area contributed by atoms with Gasteiger partial charge in [0.05, 0.1) is 11.8 Å². The summed E-state index contributed by atoms with van der Waals surface area (Å²) in [4.78, 5) is 11.1. The molecule has 6 nitrogen and oxygen atoms in total. The van der Waals surface area contributed by atoms with Gasteiger partial charge in [-0.25, -0.2) is 4.79 Å². The number of aryl methyl sites for hydroxylation is 2. The molecule has 94 valence electrons. The lowest BCUT2D eigenvalue weighted by Gasteiger charge is -2.31. The van der Waals surface area contributed by atoms with Gasteiger partial charge in [-0.05, 0) is 25.7 Å². The molecule has 0 radical (unpaired) electrons. The minimum Gasteiger partial charge on any atom is -0.477 e. The van der Waals surface area contributed by atoms with E-state index < -0.39 is 5.97 Å². The maximum Gasteiger partial charge on any atom is 0.341 e. The SMILES string of the molecule is Cc1nn(C)c(NCC2CC(O)C2)c1C(=O)O. The molecule has 17 heavy (non-hydrogen) atoms. The van der Waals surface area contributed by atoms with E-state index in [4.69, 9.17) is 5.11 Å². The van der Waals surface area contributed by atoms with Gasteiger partial charge in [0.2, 0.25) is 0 Å². The fraction of sp³-hybridized carbons (Fsp3) is 0.636. The summed E-state index contributed by atoms with van der Waals surface area (Å²) in [5, 5.41) is 25.5. The Morgan fingerprint density at radius 1 is 1.59 bits per heavy atom. The summed E-state index contributed by atoms with van der Waals surface area (Å²) in [6.45, 7) is 2.36. The van der Waals surface area contributed by atoms with Gasteiger partial charge in [0.25, 0.3) is 0 Å². The summed E-state index contributed by atoms with van der Waals surface area (Å²) in [5.74, 6) is -0.00927. The number of carbonyl (C=O) groups is 1. The highest BCUT2D eigenvalue weighted by Crippen LogP contribution is 2.28. The lowest BCUT2D eigenvalue weighted by molar-refractivity contribution is 0.0485. The molecule has 1 aromatic heterocycles. The Morgan fingerprint density at radius 2 is 2.24 bits per heavy atom. The fourth-order valence-electron chi connectivity index (χ4n) is 2.23. The van der Waals surface area contributed by atoms with E-state index in [1.54, 1.807) is 18.7 Å². The maximum atomic E-state index is 11.1. The van der Waals surface area contributed by atoms with E-state index in [1.807, 2.05) is 0 Å². The Labute approximate surface area is 99.3 Å². The minimum atomic E-state index is -0.966. The maximum absolute atomic E-state index is 11.1. The number of aromatic nitrogens is 2. The number of aromatic carboxylic acids is 1. The molecule has 1 aromatic rings. The molecule has 6 heteroatoms. The number of rotatable bonds is 4. The van der Waals surface area contributed by atoms with Crippen LogP contribution in [-0.4, -0.2) is 38.6 Å². The van der Waals surface area contributed by atoms with Crippen molar-refractivity contribution < 1.29 is 15.0 Å². The molecule has 0 spiro atoms. The molecule has 1 aliphatic rings. The zero-order valence-corrected chi connectivity index (χ0v) is 9.97. The van der Waals surface area contributed by atoms with Crippen LogP contribution in [0.2, 0.25) is 0 Å². The number of hydrogen-bond acceptors (Lipinski definition) is 4. The lowest BCUT2D eigenvalue weighted by Crippen LogP contribution is -2.33. The van der Waals surface area contributed by atoms with Gasteiger partial charge in [-0.1, -0.05) is 0 Å². The van der Waals surface area contributed by atoms with Gasteiger partial charge < -0.3 is 15.5 Å². The number of anilines is 1. The number of aliphatic hydroxyl groups excluding tert-OH is 1. The Morgan fingerprint density at radius 3 is 2.76 bits per heavy atom. The smallest absolute Gasteiger partial charge is 0.341 e. The zero-order valence-electron chi connectivity index (χ0n) is 9.97. The molecule has 1 aliphatic carbocycles. The van der Waals surface area contributed by atoms with Crippen molar-refractivity contribution in [1.82, 2.24) is 9.78 Å². The second-order valence-corrected chi connectivity index (χ2v) is 4.61. The van der Waals surface area contributed by atoms with Crippen LogP contribution >= 0.6 is 0 Å². The van der Waals surface area contributed by atoms with Gasteiger partial charge in [-0.3, -0.25) is 4.68 Å². The summed E-state index contributed by atoms with van der Waals surface area (Å²) < 4.78 is 1.55. The van der Waals surface area contributed by atoms with Crippen molar-refractivity contribution in [2.75, 3.05) is 11.9 Å². The quantitative estimate of drug-likeness (QED) is 0.716. The van der Waals surface area contributed by atoms with E-state index in [0.717, 1.165) is 12.8 Å². The first-order valence-electron chi connectivity index (χ1n) is 5.68. The normalized spacial score (nSPS) is 23.2. The topological polar surface area (TPSA) is 87.4 Å². The van der Waals surface area contributed by atoms with Crippen LogP contribution in [0.15, 0.2) is 0 Å². The first kappa shape index (κ1) is 11.9. The monoisotopic (exact) mass is 239 g/mol. The van der Waals surface area contributed by atoms with Crippen molar-refractivity contribution in [2.24, 2.45) is 13.0 Å². The number of aliphatic hydroxyl groups is 1. The van der Waals surface area contributed by atoms with Crippen LogP contribution in [0.5, 0.6) is 0 Å². The van der Waals surface area contributed by atoms with Crippen molar-refractivity contribution >= 4 is 11.8 Å². The molecule has 1 fully saturated rings. The van der Waals surface area contributed by atoms with Gasteiger partial charge in [-0.15, -0.1) is 0 Å². The molecule has 0 aliphatic heterocycles. The van der Waals surface area contributed by atoms with E-state index in [2.05, 4.69) is 10.4 Å². The average molecular weight is 239 g/mol. The van der Waals surface area contributed by atoms with Gasteiger partial charge in [-0.2, -0.15) is 5.10 Å². The van der Waals surface area contributed by atoms with Crippen LogP contribution in [0.4, 0.5) is 5.82 Å². The third-order valence-corrected chi connectivity index (χ3v) is 3.21. The van der Waals surface area contributed by atoms with Gasteiger partial charge in [0.15, 0.2) is 0 Å². The lowest BCUT2D eigenvalue weighted by atomic mass is 9.82. The number of carboxylic acids is 1. The molecule has 0 atom stereocenters. The number of nitrogens with zero attached hydrogens (tertiary/aromatic N) is 2. The van der Waals surface area contributed by atoms with Crippen molar-refractivity contribution in [1.29, 1.82) is 0 Å². The number of carboxylic acid groups (broad SMARTS) is 1. The third kappa shape index (κ3) is 2.26. The van der Waals surface area contributed by atoms with Gasteiger partial charge >= 0.3 is 5.97 Å². The Balaban J connectivity index is 2.06. The second kappa shape index (κ2) is 4.37. The van der Waals surface area contributed by atoms with Crippen LogP contribution in [0.3, 0.4) is 0 Å². The number of hydrogen-bond donors (Lipinski definition) is 3. The largest absolute Gasteiger partial charge is 0.477 e. The van der Waals surface area contributed by atoms with Crippen molar-refractivity contribution in [3.63, 3.8) is 0 Å². The second-order valence-electron chi connectivity index (χ2n) is 4.61. The van der Waals surface area contributed by atoms with Crippen molar-refractivity contribution in [3.8, 4) is 0 Å². The molecule has 0 bridgehead atoms. The molecular weight excluding hydrogens is 222 g/mol. The predicted molar refractivity (Wildman–Crippen MR) is 62.1 cm³/mol. The first-order valence-corrected chi connectivity index (χ1v) is 5.68. The molecule has 0 aromatic carbocycles. The molecule has 1 heterocycles. The minimum absolute atomic E-state index is 0.186. The van der Waals surface area contributed by atoms with E-state index in [-0.39, 0.29) is 11.7 Å². The van der Waals surface area contributed by atoms with Crippen LogP contribution in [-0.2, 0) is 7.05 Å². The van der Waals surface area contributed by atoms with Gasteiger partial charge in [0.1, 0.15) is 11.4 Å². The summed E-state index contributed by atoms with van der Waals surface area (Å²) in [5.41, 5.74) is 0.739. The standard InChI is InChI=1S/C11H17N3O3/c1-6-9(11(16)17)10(14(2)13-6)12-5-7-3-8(15)4-7/h7-8,12,15H,3-5H2,1-2H3,(H,16,17). The van der Waals surface area contributed by atoms with Crippen LogP contribution < -0.4 is 5.32 Å². The summed E-state index contributed by atoms with van der Waals surface area (Å²) >= 11 is 0. The van der Waals surface area contributed by atoms with E-state index in [0.29, 0.717) is 24.0 Å². The Hall–Kier alpha value is -1.56. The molecule has 0 saturated heterocycles. The highest BCUT2D eigenvalue weighted by molar-refractivity contribution is 5.94. The van der Waals surface area contributed by atoms with Crippen molar-refractivity contribution in [3.05, 3.63) is 11.3 Å². The summed E-state index contributed by atoms with van der Waals surface area (Å²) in [6, 6.07) is 0. The Kier molecular flexibility index (Phi) is 3.06. The Bertz CT molecular complexity index is 435. The molecule has 3 N–H and O–H groups in total. The molecule has 0 amide bonds. The van der Waals surface area contributed by atoms with Crippen LogP contribution in [0, 0.1) is 12.8 Å². The molecule has 0 unspecified atom stereocenters. The molecule has 1 saturated carbocycles. The fourth-order valence-corrected chi connectivity index (χ4v) is 2.23. The van der Waals surface area contributed by atoms with Crippen LogP contribution in [0.25, 0.3) is 0 Å². The highest BCUT2D eigenvalue weighted by Gasteiger charge is 2.28. The number of nitrogens with one attached hydrogen (secondary N) is 1. The molecular formula is C11H17N3O3. The van der Waals surface area contributed by atoms with Crippen molar-refractivity contribution in [2.45, 2.75) is 25.9 Å². The van der Waals surface area contributed by atoms with E-state index in [1.165, 1.54) is 0 Å². The summed E-state index contributed by atoms with van der Waals surface area (Å²) in [6.07, 6.45) is 1.38.